The number of nitrogens with zero attached hydrogens (tertiary/aromatic N) is 2. The molecule has 1 fully saturated rings. The number of quaternary nitrogens is 1. The Morgan fingerprint density at radius 1 is 0.836 bits per heavy atom. The van der Waals surface area contributed by atoms with Crippen molar-refractivity contribution in [1.29, 1.82) is 0 Å². The zero-order valence-corrected chi connectivity index (χ0v) is 36.2. The second-order valence-electron chi connectivity index (χ2n) is 15.0. The van der Waals surface area contributed by atoms with E-state index in [9.17, 15) is 14.4 Å². The van der Waals surface area contributed by atoms with Crippen LogP contribution in [0.1, 0.15) is 14.8 Å². The molecule has 1 aliphatic heterocycles. The lowest BCUT2D eigenvalue weighted by atomic mass is 10.3. The van der Waals surface area contributed by atoms with E-state index in [1.165, 1.54) is 0 Å². The highest BCUT2D eigenvalue weighted by Crippen LogP contribution is 2.34. The molecule has 298 valence electrons. The van der Waals surface area contributed by atoms with Gasteiger partial charge in [-0.05, 0) is 95.1 Å². The van der Waals surface area contributed by atoms with E-state index in [0.29, 0.717) is 61.6 Å². The summed E-state index contributed by atoms with van der Waals surface area (Å²) >= 11 is 0. The number of carbonyl (C=O) groups excluding carboxylic acids is 3. The Morgan fingerprint density at radius 2 is 1.38 bits per heavy atom. The lowest BCUT2D eigenvalue weighted by Crippen LogP contribution is -2.56. The Morgan fingerprint density at radius 3 is 1.93 bits per heavy atom. The molecule has 6 amide bonds. The molecule has 1 saturated heterocycles. The monoisotopic (exact) mass is 806 g/mol. The van der Waals surface area contributed by atoms with Crippen molar-refractivity contribution in [2.24, 2.45) is 0 Å². The molecule has 0 spiro atoms. The predicted molar refractivity (Wildman–Crippen MR) is 228 cm³/mol. The van der Waals surface area contributed by atoms with Crippen LogP contribution in [-0.2, 0) is 13.1 Å². The van der Waals surface area contributed by atoms with Crippen molar-refractivity contribution in [3.63, 3.8) is 0 Å². The summed E-state index contributed by atoms with van der Waals surface area (Å²) in [5, 5.41) is 12.5. The average Bonchev–Trinajstić information content (AvgIpc) is 3.82. The van der Waals surface area contributed by atoms with Crippen LogP contribution in [0.15, 0.2) is 109 Å². The highest BCUT2D eigenvalue weighted by molar-refractivity contribution is 6.90. The van der Waals surface area contributed by atoms with Crippen LogP contribution in [-0.4, -0.2) is 91.6 Å². The number of hydrogen-bond donors (Lipinski definition) is 5. The molecule has 4 rings (SSSR count). The van der Waals surface area contributed by atoms with Crippen molar-refractivity contribution in [3.05, 3.63) is 109 Å². The van der Waals surface area contributed by atoms with E-state index in [1.54, 1.807) is 4.90 Å². The molecular weight excluding hydrogens is 747 g/mol. The summed E-state index contributed by atoms with van der Waals surface area (Å²) in [4.78, 5) is 47.4. The van der Waals surface area contributed by atoms with Gasteiger partial charge in [0.1, 0.15) is 0 Å². The maximum Gasteiger partial charge on any atom is 0.423 e. The molecule has 3 aromatic rings. The van der Waals surface area contributed by atoms with E-state index in [-0.39, 0.29) is 30.2 Å². The number of carbonyl (C=O) groups is 3. The van der Waals surface area contributed by atoms with Crippen molar-refractivity contribution in [2.75, 3.05) is 48.7 Å². The number of para-hydroxylation sites is 3. The van der Waals surface area contributed by atoms with Gasteiger partial charge in [0.2, 0.25) is 14.5 Å². The fraction of sp³-hybridized carbons (Fsp3) is 0.385. The smallest absolute Gasteiger partial charge is 0.423 e. The fourth-order valence-electron chi connectivity index (χ4n) is 6.78. The first kappa shape index (κ1) is 43.4. The van der Waals surface area contributed by atoms with Crippen molar-refractivity contribution in [2.45, 2.75) is 64.8 Å². The topological polar surface area (TPSA) is 142 Å². The summed E-state index contributed by atoms with van der Waals surface area (Å²) in [5.74, 6) is 0. The highest BCUT2D eigenvalue weighted by atomic mass is 28.5. The Hall–Kier alpha value is -4.36. The van der Waals surface area contributed by atoms with Gasteiger partial charge in [0.25, 0.3) is 0 Å². The zero-order chi connectivity index (χ0) is 40.1. The fourth-order valence-corrected chi connectivity index (χ4v) is 20.7. The first-order chi connectivity index (χ1) is 26.1. The summed E-state index contributed by atoms with van der Waals surface area (Å²) in [6.07, 6.45) is 0.345. The zero-order valence-electron chi connectivity index (χ0n) is 33.2. The molecule has 1 heterocycles. The van der Waals surface area contributed by atoms with Crippen LogP contribution < -0.4 is 26.7 Å². The van der Waals surface area contributed by atoms with Gasteiger partial charge in [-0.15, -0.1) is 5.73 Å². The van der Waals surface area contributed by atoms with Gasteiger partial charge in [-0.3, -0.25) is 15.5 Å². The van der Waals surface area contributed by atoms with Crippen molar-refractivity contribution < 1.29 is 33.4 Å². The number of hydrogen-bond acceptors (Lipinski definition) is 7. The molecule has 0 saturated carbocycles. The van der Waals surface area contributed by atoms with Gasteiger partial charge < -0.3 is 23.7 Å². The van der Waals surface area contributed by atoms with Crippen LogP contribution >= 0.6 is 0 Å². The van der Waals surface area contributed by atoms with Gasteiger partial charge in [0, 0.05) is 31.6 Å². The van der Waals surface area contributed by atoms with Gasteiger partial charge in [-0.2, -0.15) is 0 Å². The number of anilines is 3. The van der Waals surface area contributed by atoms with Gasteiger partial charge in [-0.1, -0.05) is 61.2 Å². The molecule has 0 aromatic heterocycles. The third kappa shape index (κ3) is 13.1. The second kappa shape index (κ2) is 19.5. The summed E-state index contributed by atoms with van der Waals surface area (Å²) in [6.45, 7) is 20.6. The van der Waals surface area contributed by atoms with E-state index in [4.69, 9.17) is 13.1 Å². The van der Waals surface area contributed by atoms with Crippen molar-refractivity contribution in [3.8, 4) is 0 Å². The van der Waals surface area contributed by atoms with E-state index in [1.807, 2.05) is 124 Å². The molecule has 1 aliphatic rings. The standard InChI is InChI=1S/C39H57N7O6Si3.H2/c1-9-36(45(28-27-40-50-10-2)38(48)42-33-23-16-12-17-24-33)54(5,6)52-55(7,8)51-53(3,4)30-20-29-46(39(49)43-34-25-18-13-19-26-34)31-35(46)44-37(47)41-32-21-14-11-15-22-32;/h11-19,21-26,35,40H,1,10,20,27-31H2,2-8H3,(H3-,41,42,43,44,47,48,49);1H/p+1. The second-order valence-corrected chi connectivity index (χ2v) is 26.9. The van der Waals surface area contributed by atoms with Gasteiger partial charge >= 0.3 is 26.7 Å². The number of hydroxylamine groups is 1. The molecule has 55 heavy (non-hydrogen) atoms. The first-order valence-corrected chi connectivity index (χ1v) is 27.6. The molecular formula is C39H60N7O6Si3+. The normalized spacial score (nSPS) is 16.7. The molecule has 0 radical (unpaired) electrons. The third-order valence-electron chi connectivity index (χ3n) is 9.04. The molecule has 16 heteroatoms. The quantitative estimate of drug-likeness (QED) is 0.0205. The minimum atomic E-state index is -2.84. The van der Waals surface area contributed by atoms with E-state index in [2.05, 4.69) is 52.2 Å². The molecule has 3 aromatic carbocycles. The van der Waals surface area contributed by atoms with Gasteiger partial charge in [-0.25, -0.2) is 24.3 Å². The predicted octanol–water partition coefficient (Wildman–Crippen LogP) is 8.26. The lowest BCUT2D eigenvalue weighted by molar-refractivity contribution is -0.726. The van der Waals surface area contributed by atoms with E-state index < -0.39 is 25.2 Å². The highest BCUT2D eigenvalue weighted by Gasteiger charge is 2.62. The summed E-state index contributed by atoms with van der Waals surface area (Å²) in [6, 6.07) is 27.8. The maximum absolute atomic E-state index is 13.8. The number of nitrogens with one attached hydrogen (secondary N) is 5. The van der Waals surface area contributed by atoms with Crippen molar-refractivity contribution in [1.82, 2.24) is 15.7 Å². The summed E-state index contributed by atoms with van der Waals surface area (Å²) < 4.78 is 14.0. The average molecular weight is 807 g/mol. The summed E-state index contributed by atoms with van der Waals surface area (Å²) in [7, 11) is -7.98. The van der Waals surface area contributed by atoms with E-state index >= 15 is 0 Å². The number of benzene rings is 3. The largest absolute Gasteiger partial charge is 0.436 e. The molecule has 13 nitrogen and oxygen atoms in total. The molecule has 0 aliphatic carbocycles. The van der Waals surface area contributed by atoms with E-state index in [0.717, 1.165) is 6.04 Å². The minimum absolute atomic E-state index is 0. The molecule has 2 atom stereocenters. The maximum atomic E-state index is 13.8. The van der Waals surface area contributed by atoms with Gasteiger partial charge in [0.05, 0.1) is 18.5 Å². The minimum Gasteiger partial charge on any atom is -0.436 e. The molecule has 2 unspecified atom stereocenters. The molecule has 5 N–H and O–H groups in total. The Labute approximate surface area is 330 Å². The summed E-state index contributed by atoms with van der Waals surface area (Å²) in [5.41, 5.74) is 8.01. The first-order valence-electron chi connectivity index (χ1n) is 18.7. The van der Waals surface area contributed by atoms with Crippen molar-refractivity contribution >= 4 is 60.4 Å². The van der Waals surface area contributed by atoms with Crippen LogP contribution in [0.4, 0.5) is 31.4 Å². The Balaban J connectivity index is 0.00000841. The van der Waals surface area contributed by atoms with Crippen LogP contribution in [0, 0.1) is 0 Å². The van der Waals surface area contributed by atoms with Crippen LogP contribution in [0.5, 0.6) is 0 Å². The number of rotatable bonds is 19. The Bertz CT molecular complexity index is 1790. The third-order valence-corrected chi connectivity index (χ3v) is 20.4. The van der Waals surface area contributed by atoms with Gasteiger partial charge in [0.15, 0.2) is 14.9 Å². The number of amides is 6. The van der Waals surface area contributed by atoms with Crippen LogP contribution in [0.2, 0.25) is 45.3 Å². The molecule has 0 bridgehead atoms. The number of urea groups is 3. The van der Waals surface area contributed by atoms with Crippen LogP contribution in [0.3, 0.4) is 0 Å². The lowest BCUT2D eigenvalue weighted by Gasteiger charge is -2.41. The SMILES string of the molecule is C=C=C(N(CCNOCC)C(=O)Nc1ccccc1)[Si](C)(C)O[Si](C)(C)O[Si](C)(C)CCC[N+]1(C(=O)Nc2ccccc2)CC1NC(=O)Nc1ccccc1.[HH]. The van der Waals surface area contributed by atoms with Crippen LogP contribution in [0.25, 0.3) is 0 Å². The Kier molecular flexibility index (Phi) is 15.4.